The highest BCUT2D eigenvalue weighted by molar-refractivity contribution is 7.89. The number of anilines is 1. The number of ether oxygens (including phenoxy) is 1. The summed E-state index contributed by atoms with van der Waals surface area (Å²) >= 11 is 0. The van der Waals surface area contributed by atoms with Crippen molar-refractivity contribution >= 4 is 16.0 Å². The van der Waals surface area contributed by atoms with Crippen molar-refractivity contribution in [3.63, 3.8) is 0 Å². The number of nitrogens with zero attached hydrogens (tertiary/aromatic N) is 2. The fraction of sp³-hybridized carbons (Fsp3) is 0.500. The summed E-state index contributed by atoms with van der Waals surface area (Å²) in [5, 5.41) is 7.61. The lowest BCUT2D eigenvalue weighted by Crippen LogP contribution is -2.23. The van der Waals surface area contributed by atoms with Gasteiger partial charge in [-0.05, 0) is 6.92 Å². The van der Waals surface area contributed by atoms with Crippen LogP contribution in [0.3, 0.4) is 0 Å². The Morgan fingerprint density at radius 3 is 2.75 bits per heavy atom. The number of aromatic nitrogens is 2. The highest BCUT2D eigenvalue weighted by Gasteiger charge is 2.04. The molecule has 8 heteroatoms. The zero-order valence-electron chi connectivity index (χ0n) is 9.10. The number of primary sulfonamides is 1. The van der Waals surface area contributed by atoms with Crippen LogP contribution in [0.2, 0.25) is 0 Å². The molecule has 1 heterocycles. The number of hydrogen-bond donors (Lipinski definition) is 2. The molecule has 0 bridgehead atoms. The largest absolute Gasteiger partial charge is 0.481 e. The molecule has 0 saturated heterocycles. The van der Waals surface area contributed by atoms with Gasteiger partial charge in [0.2, 0.25) is 21.9 Å². The molecule has 3 N–H and O–H groups in total. The van der Waals surface area contributed by atoms with Crippen molar-refractivity contribution in [1.29, 1.82) is 0 Å². The Morgan fingerprint density at radius 2 is 2.19 bits per heavy atom. The van der Waals surface area contributed by atoms with Gasteiger partial charge in [0.25, 0.3) is 0 Å². The summed E-state index contributed by atoms with van der Waals surface area (Å²) in [4.78, 5) is 8.06. The summed E-state index contributed by atoms with van der Waals surface area (Å²) < 4.78 is 26.3. The minimum Gasteiger partial charge on any atom is -0.481 e. The number of rotatable bonds is 5. The van der Waals surface area contributed by atoms with Crippen LogP contribution in [0.15, 0.2) is 6.07 Å². The minimum absolute atomic E-state index is 0.158. The lowest BCUT2D eigenvalue weighted by Gasteiger charge is -2.06. The summed E-state index contributed by atoms with van der Waals surface area (Å²) in [7, 11) is -1.97. The third-order valence-corrected chi connectivity index (χ3v) is 2.48. The summed E-state index contributed by atoms with van der Waals surface area (Å²) in [5.41, 5.74) is 0.727. The van der Waals surface area contributed by atoms with Gasteiger partial charge in [-0.3, -0.25) is 0 Å². The van der Waals surface area contributed by atoms with Crippen LogP contribution in [0.1, 0.15) is 5.69 Å². The zero-order chi connectivity index (χ0) is 12.2. The predicted octanol–water partition coefficient (Wildman–Crippen LogP) is -0.506. The van der Waals surface area contributed by atoms with Crippen molar-refractivity contribution in [1.82, 2.24) is 9.97 Å². The van der Waals surface area contributed by atoms with Gasteiger partial charge in [-0.2, -0.15) is 4.98 Å². The summed E-state index contributed by atoms with van der Waals surface area (Å²) in [5.74, 6) is 0.568. The summed E-state index contributed by atoms with van der Waals surface area (Å²) in [6.45, 7) is 1.94. The Bertz CT molecular complexity index is 460. The van der Waals surface area contributed by atoms with Crippen LogP contribution in [0.4, 0.5) is 5.95 Å². The van der Waals surface area contributed by atoms with E-state index in [4.69, 9.17) is 9.88 Å². The summed E-state index contributed by atoms with van der Waals surface area (Å²) in [6.07, 6.45) is 0. The average Bonchev–Trinajstić information content (AvgIpc) is 2.14. The van der Waals surface area contributed by atoms with Crippen molar-refractivity contribution in [2.24, 2.45) is 5.14 Å². The normalized spacial score (nSPS) is 11.2. The van der Waals surface area contributed by atoms with Crippen molar-refractivity contribution in [2.75, 3.05) is 24.7 Å². The molecule has 0 fully saturated rings. The van der Waals surface area contributed by atoms with Gasteiger partial charge < -0.3 is 10.1 Å². The Kier molecular flexibility index (Phi) is 4.02. The van der Waals surface area contributed by atoms with Gasteiger partial charge in [0.05, 0.1) is 12.9 Å². The van der Waals surface area contributed by atoms with Crippen LogP contribution in [0.5, 0.6) is 5.88 Å². The molecule has 90 valence electrons. The first-order valence-corrected chi connectivity index (χ1v) is 6.26. The Morgan fingerprint density at radius 1 is 1.50 bits per heavy atom. The highest BCUT2D eigenvalue weighted by Crippen LogP contribution is 2.10. The molecule has 0 aliphatic carbocycles. The molecule has 0 spiro atoms. The smallest absolute Gasteiger partial charge is 0.226 e. The molecule has 0 aliphatic rings. The molecule has 0 saturated carbocycles. The lowest BCUT2D eigenvalue weighted by molar-refractivity contribution is 0.397. The Hall–Kier alpha value is -1.41. The number of sulfonamides is 1. The molecule has 1 rings (SSSR count). The van der Waals surface area contributed by atoms with Gasteiger partial charge in [-0.15, -0.1) is 0 Å². The fourth-order valence-corrected chi connectivity index (χ4v) is 1.41. The average molecular weight is 246 g/mol. The molecule has 0 amide bonds. The van der Waals surface area contributed by atoms with E-state index in [0.29, 0.717) is 11.8 Å². The van der Waals surface area contributed by atoms with E-state index in [1.54, 1.807) is 13.0 Å². The van der Waals surface area contributed by atoms with Crippen LogP contribution in [-0.2, 0) is 10.0 Å². The standard InChI is InChI=1S/C8H14N4O3S/c1-6-5-7(15-2)12-8(11-6)10-3-4-16(9,13)14/h5H,3-4H2,1-2H3,(H2,9,13,14)(H,10,11,12). The second kappa shape index (κ2) is 5.08. The first kappa shape index (κ1) is 12.7. The van der Waals surface area contributed by atoms with Gasteiger partial charge in [0, 0.05) is 18.3 Å². The second-order valence-corrected chi connectivity index (χ2v) is 4.90. The van der Waals surface area contributed by atoms with Crippen molar-refractivity contribution in [3.8, 4) is 5.88 Å². The van der Waals surface area contributed by atoms with Crippen LogP contribution >= 0.6 is 0 Å². The van der Waals surface area contributed by atoms with E-state index in [0.717, 1.165) is 5.69 Å². The van der Waals surface area contributed by atoms with Crippen LogP contribution in [0, 0.1) is 6.92 Å². The molecule has 1 aromatic heterocycles. The van der Waals surface area contributed by atoms with Gasteiger partial charge >= 0.3 is 0 Å². The van der Waals surface area contributed by atoms with E-state index in [2.05, 4.69) is 15.3 Å². The van der Waals surface area contributed by atoms with E-state index in [1.165, 1.54) is 7.11 Å². The molecule has 0 unspecified atom stereocenters. The highest BCUT2D eigenvalue weighted by atomic mass is 32.2. The maximum absolute atomic E-state index is 10.7. The van der Waals surface area contributed by atoms with Gasteiger partial charge in [0.1, 0.15) is 0 Å². The number of nitrogens with two attached hydrogens (primary N) is 1. The van der Waals surface area contributed by atoms with E-state index >= 15 is 0 Å². The van der Waals surface area contributed by atoms with Crippen LogP contribution in [-0.4, -0.2) is 37.8 Å². The van der Waals surface area contributed by atoms with Crippen molar-refractivity contribution in [3.05, 3.63) is 11.8 Å². The number of aryl methyl sites for hydroxylation is 1. The van der Waals surface area contributed by atoms with Crippen LogP contribution < -0.4 is 15.2 Å². The maximum atomic E-state index is 10.7. The fourth-order valence-electron chi connectivity index (χ4n) is 1.03. The monoisotopic (exact) mass is 246 g/mol. The van der Waals surface area contributed by atoms with Crippen molar-refractivity contribution in [2.45, 2.75) is 6.92 Å². The second-order valence-electron chi connectivity index (χ2n) is 3.17. The SMILES string of the molecule is COc1cc(C)nc(NCCS(N)(=O)=O)n1. The number of hydrogen-bond acceptors (Lipinski definition) is 6. The molecular formula is C8H14N4O3S. The molecule has 0 aliphatic heterocycles. The Labute approximate surface area is 94.1 Å². The molecule has 0 aromatic carbocycles. The quantitative estimate of drug-likeness (QED) is 0.724. The number of methoxy groups -OCH3 is 1. The van der Waals surface area contributed by atoms with Gasteiger partial charge in [-0.25, -0.2) is 18.5 Å². The molecule has 16 heavy (non-hydrogen) atoms. The van der Waals surface area contributed by atoms with E-state index in [9.17, 15) is 8.42 Å². The third kappa shape index (κ3) is 4.41. The molecule has 0 atom stereocenters. The topological polar surface area (TPSA) is 107 Å². The van der Waals surface area contributed by atoms with Gasteiger partial charge in [-0.1, -0.05) is 0 Å². The number of nitrogens with one attached hydrogen (secondary N) is 1. The predicted molar refractivity (Wildman–Crippen MR) is 59.8 cm³/mol. The third-order valence-electron chi connectivity index (χ3n) is 1.71. The van der Waals surface area contributed by atoms with Gasteiger partial charge in [0.15, 0.2) is 0 Å². The Balaban J connectivity index is 2.63. The minimum atomic E-state index is -3.47. The molecule has 7 nitrogen and oxygen atoms in total. The molecule has 0 radical (unpaired) electrons. The lowest BCUT2D eigenvalue weighted by atomic mass is 10.4. The first-order valence-electron chi connectivity index (χ1n) is 4.55. The summed E-state index contributed by atoms with van der Waals surface area (Å²) in [6, 6.07) is 1.67. The van der Waals surface area contributed by atoms with Crippen molar-refractivity contribution < 1.29 is 13.2 Å². The maximum Gasteiger partial charge on any atom is 0.226 e. The van der Waals surface area contributed by atoms with E-state index < -0.39 is 10.0 Å². The zero-order valence-corrected chi connectivity index (χ0v) is 9.91. The van der Waals surface area contributed by atoms with E-state index in [1.807, 2.05) is 0 Å². The van der Waals surface area contributed by atoms with E-state index in [-0.39, 0.29) is 12.3 Å². The first-order chi connectivity index (χ1) is 7.40. The molecular weight excluding hydrogens is 232 g/mol. The molecule has 1 aromatic rings. The van der Waals surface area contributed by atoms with Crippen LogP contribution in [0.25, 0.3) is 0 Å².